The highest BCUT2D eigenvalue weighted by Crippen LogP contribution is 2.33. The van der Waals surface area contributed by atoms with Gasteiger partial charge >= 0.3 is 5.97 Å². The zero-order chi connectivity index (χ0) is 20.3. The van der Waals surface area contributed by atoms with Crippen LogP contribution in [0.15, 0.2) is 12.7 Å². The molecule has 12 heteroatoms. The molecule has 1 saturated heterocycles. The van der Waals surface area contributed by atoms with E-state index in [1.54, 1.807) is 4.57 Å². The molecule has 3 heterocycles. The van der Waals surface area contributed by atoms with E-state index in [1.807, 2.05) is 6.92 Å². The van der Waals surface area contributed by atoms with E-state index in [0.29, 0.717) is 41.5 Å². The van der Waals surface area contributed by atoms with E-state index < -0.39 is 36.6 Å². The number of imidazole rings is 1. The van der Waals surface area contributed by atoms with Crippen LogP contribution in [0.1, 0.15) is 19.6 Å². The number of anilines is 1. The Kier molecular flexibility index (Phi) is 6.67. The van der Waals surface area contributed by atoms with E-state index in [9.17, 15) is 15.0 Å². The maximum atomic E-state index is 10.7. The molecule has 1 aliphatic heterocycles. The van der Waals surface area contributed by atoms with Crippen molar-refractivity contribution in [1.82, 2.24) is 19.5 Å². The number of carboxylic acids is 1. The number of aliphatic carboxylic acids is 1. The Morgan fingerprint density at radius 2 is 2.18 bits per heavy atom. The van der Waals surface area contributed by atoms with Gasteiger partial charge in [-0.15, -0.1) is 0 Å². The number of nitrogens with zero attached hydrogens (tertiary/aromatic N) is 4. The summed E-state index contributed by atoms with van der Waals surface area (Å²) in [5.41, 5.74) is 6.51. The highest BCUT2D eigenvalue weighted by atomic mass is 32.2. The molecule has 0 aromatic carbocycles. The Morgan fingerprint density at radius 3 is 2.89 bits per heavy atom. The van der Waals surface area contributed by atoms with Gasteiger partial charge in [-0.1, -0.05) is 0 Å². The second kappa shape index (κ2) is 9.01. The number of aliphatic hydroxyl groups is 2. The maximum Gasteiger partial charge on any atom is 0.320 e. The van der Waals surface area contributed by atoms with Gasteiger partial charge in [-0.2, -0.15) is 11.8 Å². The Labute approximate surface area is 165 Å². The van der Waals surface area contributed by atoms with Crippen molar-refractivity contribution in [3.05, 3.63) is 12.7 Å². The fraction of sp³-hybridized carbons (Fsp3) is 0.625. The Balaban J connectivity index is 1.66. The van der Waals surface area contributed by atoms with Crippen LogP contribution in [-0.2, 0) is 9.53 Å². The molecular weight excluding hydrogens is 388 g/mol. The number of hydrogen-bond donors (Lipinski definition) is 5. The molecule has 1 fully saturated rings. The first-order valence-corrected chi connectivity index (χ1v) is 10.1. The number of aromatic nitrogens is 4. The molecular formula is C16H24N6O5S. The molecule has 5 atom stereocenters. The summed E-state index contributed by atoms with van der Waals surface area (Å²) in [4.78, 5) is 23.4. The summed E-state index contributed by atoms with van der Waals surface area (Å²) in [6, 6.07) is -0.914. The molecule has 0 spiro atoms. The first kappa shape index (κ1) is 20.7. The standard InChI is InChI=1S/C16H24N6O5S/c1-2-18-13-10-14(20-6-19-13)22(7-21-10)15-12(24)11(23)9(27-15)5-28-4-3-8(17)16(25)26/h6-9,11-12,15,23-24H,2-5,17H2,1H3,(H,25,26)(H,18,19,20). The highest BCUT2D eigenvalue weighted by Gasteiger charge is 2.44. The number of nitrogens with one attached hydrogen (secondary N) is 1. The number of thioether (sulfide) groups is 1. The molecule has 0 aliphatic carbocycles. The van der Waals surface area contributed by atoms with Crippen molar-refractivity contribution in [2.24, 2.45) is 5.73 Å². The van der Waals surface area contributed by atoms with E-state index >= 15 is 0 Å². The summed E-state index contributed by atoms with van der Waals surface area (Å²) in [7, 11) is 0. The van der Waals surface area contributed by atoms with E-state index in [1.165, 1.54) is 24.4 Å². The lowest BCUT2D eigenvalue weighted by Gasteiger charge is -2.16. The van der Waals surface area contributed by atoms with Crippen LogP contribution in [-0.4, -0.2) is 83.2 Å². The van der Waals surface area contributed by atoms with Gasteiger partial charge < -0.3 is 31.1 Å². The smallest absolute Gasteiger partial charge is 0.320 e. The van der Waals surface area contributed by atoms with Crippen molar-refractivity contribution in [2.75, 3.05) is 23.4 Å². The predicted octanol–water partition coefficient (Wildman–Crippen LogP) is -0.587. The van der Waals surface area contributed by atoms with Gasteiger partial charge in [0.2, 0.25) is 0 Å². The SMILES string of the molecule is CCNc1ncnc2c1ncn2C1OC(CSCCC(N)C(=O)O)C(O)C1O. The summed E-state index contributed by atoms with van der Waals surface area (Å²) in [5, 5.41) is 32.7. The van der Waals surface area contributed by atoms with Crippen molar-refractivity contribution in [2.45, 2.75) is 43.9 Å². The summed E-state index contributed by atoms with van der Waals surface area (Å²) >= 11 is 1.41. The fourth-order valence-electron chi connectivity index (χ4n) is 2.96. The van der Waals surface area contributed by atoms with E-state index in [2.05, 4.69) is 20.3 Å². The number of rotatable bonds is 9. The third kappa shape index (κ3) is 4.20. The average Bonchev–Trinajstić information content (AvgIpc) is 3.22. The zero-order valence-electron chi connectivity index (χ0n) is 15.3. The largest absolute Gasteiger partial charge is 0.480 e. The van der Waals surface area contributed by atoms with Crippen molar-refractivity contribution < 1.29 is 24.9 Å². The van der Waals surface area contributed by atoms with E-state index in [-0.39, 0.29) is 0 Å². The fourth-order valence-corrected chi connectivity index (χ4v) is 4.06. The van der Waals surface area contributed by atoms with Crippen LogP contribution in [0.5, 0.6) is 0 Å². The number of hydrogen-bond acceptors (Lipinski definition) is 10. The Hall–Kier alpha value is -1.99. The highest BCUT2D eigenvalue weighted by molar-refractivity contribution is 7.99. The van der Waals surface area contributed by atoms with Gasteiger partial charge in [-0.05, 0) is 19.1 Å². The number of fused-ring (bicyclic) bond motifs is 1. The van der Waals surface area contributed by atoms with Gasteiger partial charge in [0.05, 0.1) is 12.4 Å². The van der Waals surface area contributed by atoms with Crippen LogP contribution >= 0.6 is 11.8 Å². The lowest BCUT2D eigenvalue weighted by Crippen LogP contribution is -2.33. The average molecular weight is 412 g/mol. The van der Waals surface area contributed by atoms with Gasteiger partial charge in [0, 0.05) is 12.3 Å². The molecule has 0 saturated carbocycles. The number of aliphatic hydroxyl groups excluding tert-OH is 2. The molecule has 0 amide bonds. The lowest BCUT2D eigenvalue weighted by atomic mass is 10.1. The molecule has 2 aromatic heterocycles. The number of carboxylic acid groups (broad SMARTS) is 1. The van der Waals surface area contributed by atoms with Crippen LogP contribution in [0.3, 0.4) is 0 Å². The first-order chi connectivity index (χ1) is 13.4. The van der Waals surface area contributed by atoms with E-state index in [0.717, 1.165) is 0 Å². The monoisotopic (exact) mass is 412 g/mol. The maximum absolute atomic E-state index is 10.7. The van der Waals surface area contributed by atoms with Crippen LogP contribution in [0.2, 0.25) is 0 Å². The molecule has 154 valence electrons. The van der Waals surface area contributed by atoms with Crippen molar-refractivity contribution in [3.63, 3.8) is 0 Å². The molecule has 28 heavy (non-hydrogen) atoms. The van der Waals surface area contributed by atoms with Crippen molar-refractivity contribution in [3.8, 4) is 0 Å². The summed E-state index contributed by atoms with van der Waals surface area (Å²) in [5.74, 6) is 0.444. The van der Waals surface area contributed by atoms with Crippen LogP contribution in [0.4, 0.5) is 5.82 Å². The minimum atomic E-state index is -1.15. The van der Waals surface area contributed by atoms with Gasteiger partial charge in [0.1, 0.15) is 24.6 Å². The van der Waals surface area contributed by atoms with Crippen LogP contribution in [0.25, 0.3) is 11.2 Å². The second-order valence-corrected chi connectivity index (χ2v) is 7.58. The predicted molar refractivity (Wildman–Crippen MR) is 103 cm³/mol. The minimum absolute atomic E-state index is 0.311. The minimum Gasteiger partial charge on any atom is -0.480 e. The molecule has 5 unspecified atom stereocenters. The molecule has 1 aliphatic rings. The topological polar surface area (TPSA) is 169 Å². The number of ether oxygens (including phenoxy) is 1. The quantitative estimate of drug-likeness (QED) is 0.334. The molecule has 2 aromatic rings. The van der Waals surface area contributed by atoms with Crippen molar-refractivity contribution in [1.29, 1.82) is 0 Å². The number of nitrogens with two attached hydrogens (primary N) is 1. The molecule has 3 rings (SSSR count). The zero-order valence-corrected chi connectivity index (χ0v) is 16.1. The summed E-state index contributed by atoms with van der Waals surface area (Å²) in [6.07, 6.45) is -0.474. The van der Waals surface area contributed by atoms with Crippen LogP contribution < -0.4 is 11.1 Å². The Bertz CT molecular complexity index is 820. The Morgan fingerprint density at radius 1 is 1.39 bits per heavy atom. The summed E-state index contributed by atoms with van der Waals surface area (Å²) < 4.78 is 7.45. The van der Waals surface area contributed by atoms with E-state index in [4.69, 9.17) is 15.6 Å². The molecule has 11 nitrogen and oxygen atoms in total. The molecule has 6 N–H and O–H groups in total. The van der Waals surface area contributed by atoms with Gasteiger partial charge in [0.25, 0.3) is 0 Å². The molecule has 0 radical (unpaired) electrons. The van der Waals surface area contributed by atoms with Gasteiger partial charge in [-0.3, -0.25) is 9.36 Å². The number of carbonyl (C=O) groups is 1. The summed E-state index contributed by atoms with van der Waals surface area (Å²) in [6.45, 7) is 2.61. The second-order valence-electron chi connectivity index (χ2n) is 6.43. The van der Waals surface area contributed by atoms with Gasteiger partial charge in [-0.25, -0.2) is 15.0 Å². The first-order valence-electron chi connectivity index (χ1n) is 8.93. The lowest BCUT2D eigenvalue weighted by molar-refractivity contribution is -0.138. The van der Waals surface area contributed by atoms with Gasteiger partial charge in [0.15, 0.2) is 23.2 Å². The van der Waals surface area contributed by atoms with Crippen molar-refractivity contribution >= 4 is 34.7 Å². The molecule has 0 bridgehead atoms. The normalized spacial score (nSPS) is 25.9. The van der Waals surface area contributed by atoms with Crippen LogP contribution in [0, 0.1) is 0 Å². The third-order valence-electron chi connectivity index (χ3n) is 4.49. The third-order valence-corrected chi connectivity index (χ3v) is 5.58.